The van der Waals surface area contributed by atoms with E-state index in [1.807, 2.05) is 0 Å². The lowest BCUT2D eigenvalue weighted by atomic mass is 9.79. The molecule has 0 heterocycles. The van der Waals surface area contributed by atoms with Gasteiger partial charge in [0.1, 0.15) is 0 Å². The molecule has 1 rings (SSSR count). The summed E-state index contributed by atoms with van der Waals surface area (Å²) in [5.74, 6) is -2.13. The van der Waals surface area contributed by atoms with Gasteiger partial charge in [0.25, 0.3) is 0 Å². The van der Waals surface area contributed by atoms with Crippen molar-refractivity contribution >= 4 is 11.9 Å². The Bertz CT molecular complexity index is 472. The number of carboxylic acid groups (broad SMARTS) is 1. The molecule has 4 heteroatoms. The smallest absolute Gasteiger partial charge is 0.309 e. The molecule has 1 aliphatic carbocycles. The van der Waals surface area contributed by atoms with E-state index in [9.17, 15) is 14.7 Å². The van der Waals surface area contributed by atoms with E-state index >= 15 is 0 Å². The Morgan fingerprint density at radius 1 is 0.767 bits per heavy atom. The monoisotopic (exact) mass is 422 g/mol. The maximum absolute atomic E-state index is 12.2. The van der Waals surface area contributed by atoms with Crippen LogP contribution in [-0.2, 0) is 14.3 Å². The van der Waals surface area contributed by atoms with Crippen molar-refractivity contribution in [2.24, 2.45) is 11.8 Å². The Labute approximate surface area is 184 Å². The fraction of sp³-hybridized carbons (Fsp3) is 0.846. The molecule has 0 aliphatic heterocycles. The van der Waals surface area contributed by atoms with E-state index in [1.54, 1.807) is 0 Å². The Morgan fingerprint density at radius 2 is 1.27 bits per heavy atom. The normalized spacial score (nSPS) is 19.2. The zero-order chi connectivity index (χ0) is 21.9. The second-order valence-electron chi connectivity index (χ2n) is 8.94. The first-order valence-corrected chi connectivity index (χ1v) is 12.7. The number of unbranched alkanes of at least 4 members (excludes halogenated alkanes) is 12. The van der Waals surface area contributed by atoms with Crippen molar-refractivity contribution in [2.45, 2.75) is 122 Å². The van der Waals surface area contributed by atoms with Gasteiger partial charge in [0.15, 0.2) is 0 Å². The number of carbonyl (C=O) groups excluding carboxylic acids is 1. The highest BCUT2D eigenvalue weighted by molar-refractivity contribution is 5.81. The highest BCUT2D eigenvalue weighted by Gasteiger charge is 2.36. The number of hydrogen-bond donors (Lipinski definition) is 1. The van der Waals surface area contributed by atoms with E-state index in [2.05, 4.69) is 19.1 Å². The van der Waals surface area contributed by atoms with Gasteiger partial charge in [-0.25, -0.2) is 0 Å². The molecule has 2 unspecified atom stereocenters. The minimum absolute atomic E-state index is 0.293. The van der Waals surface area contributed by atoms with Crippen LogP contribution in [0.25, 0.3) is 0 Å². The van der Waals surface area contributed by atoms with Crippen molar-refractivity contribution in [3.8, 4) is 0 Å². The van der Waals surface area contributed by atoms with Crippen molar-refractivity contribution in [1.82, 2.24) is 0 Å². The lowest BCUT2D eigenvalue weighted by molar-refractivity contribution is -0.159. The maximum Gasteiger partial charge on any atom is 0.309 e. The van der Waals surface area contributed by atoms with Crippen LogP contribution in [0.1, 0.15) is 122 Å². The summed E-state index contributed by atoms with van der Waals surface area (Å²) in [5, 5.41) is 9.27. The number of esters is 1. The number of allylic oxidation sites excluding steroid dienone is 2. The van der Waals surface area contributed by atoms with Gasteiger partial charge in [-0.15, -0.1) is 0 Å². The molecule has 0 saturated heterocycles. The van der Waals surface area contributed by atoms with E-state index in [4.69, 9.17) is 4.74 Å². The van der Waals surface area contributed by atoms with Gasteiger partial charge >= 0.3 is 11.9 Å². The van der Waals surface area contributed by atoms with E-state index in [0.717, 1.165) is 25.7 Å². The van der Waals surface area contributed by atoms with Crippen LogP contribution < -0.4 is 0 Å². The molecule has 1 aliphatic rings. The molecular formula is C26H46O4. The molecule has 0 amide bonds. The summed E-state index contributed by atoms with van der Waals surface area (Å²) >= 11 is 0. The van der Waals surface area contributed by atoms with Crippen molar-refractivity contribution < 1.29 is 19.4 Å². The summed E-state index contributed by atoms with van der Waals surface area (Å²) in [6, 6.07) is 0. The number of aliphatic carboxylic acids is 1. The highest BCUT2D eigenvalue weighted by Crippen LogP contribution is 2.31. The Morgan fingerprint density at radius 3 is 1.83 bits per heavy atom. The molecule has 0 bridgehead atoms. The van der Waals surface area contributed by atoms with Gasteiger partial charge in [0, 0.05) is 0 Å². The van der Waals surface area contributed by atoms with Crippen LogP contribution in [0.5, 0.6) is 0 Å². The van der Waals surface area contributed by atoms with Gasteiger partial charge in [-0.3, -0.25) is 9.59 Å². The van der Waals surface area contributed by atoms with Crippen LogP contribution in [0.15, 0.2) is 12.2 Å². The average molecular weight is 423 g/mol. The number of carboxylic acids is 1. The van der Waals surface area contributed by atoms with Crippen molar-refractivity contribution in [3.05, 3.63) is 12.2 Å². The number of ether oxygens (including phenoxy) is 1. The first-order chi connectivity index (χ1) is 14.7. The Kier molecular flexibility index (Phi) is 16.4. The van der Waals surface area contributed by atoms with Gasteiger partial charge in [-0.1, -0.05) is 96.1 Å². The van der Waals surface area contributed by atoms with Gasteiger partial charge in [0.2, 0.25) is 0 Å². The third kappa shape index (κ3) is 13.1. The van der Waals surface area contributed by atoms with Crippen LogP contribution >= 0.6 is 0 Å². The van der Waals surface area contributed by atoms with Gasteiger partial charge in [-0.2, -0.15) is 0 Å². The molecule has 0 spiro atoms. The van der Waals surface area contributed by atoms with Crippen LogP contribution in [0.4, 0.5) is 0 Å². The minimum Gasteiger partial charge on any atom is -0.481 e. The van der Waals surface area contributed by atoms with Gasteiger partial charge in [-0.05, 0) is 38.5 Å². The summed E-state index contributed by atoms with van der Waals surface area (Å²) in [5.41, 5.74) is 0. The first-order valence-electron chi connectivity index (χ1n) is 12.7. The lowest BCUT2D eigenvalue weighted by Gasteiger charge is -2.26. The van der Waals surface area contributed by atoms with Gasteiger partial charge in [0.05, 0.1) is 18.4 Å². The molecule has 1 N–H and O–H groups in total. The molecule has 2 atom stereocenters. The van der Waals surface area contributed by atoms with Crippen LogP contribution in [0.3, 0.4) is 0 Å². The fourth-order valence-corrected chi connectivity index (χ4v) is 4.32. The standard InChI is InChI=1S/C26H46O4/c1-2-3-4-5-6-7-8-9-10-11-12-13-14-15-16-19-22-30-26(29)24-21-18-17-20-23(24)25(27)28/h5-6,23-24H,2-4,7-22H2,1H3,(H,27,28)/b6-5+. The zero-order valence-corrected chi connectivity index (χ0v) is 19.4. The minimum atomic E-state index is -0.851. The topological polar surface area (TPSA) is 63.6 Å². The third-order valence-electron chi connectivity index (χ3n) is 6.29. The average Bonchev–Trinajstić information content (AvgIpc) is 2.75. The third-order valence-corrected chi connectivity index (χ3v) is 6.29. The summed E-state index contributed by atoms with van der Waals surface area (Å²) in [4.78, 5) is 23.5. The number of hydrogen-bond acceptors (Lipinski definition) is 3. The summed E-state index contributed by atoms with van der Waals surface area (Å²) in [6.45, 7) is 2.68. The molecule has 0 aromatic rings. The predicted octanol–water partition coefficient (Wildman–Crippen LogP) is 7.46. The van der Waals surface area contributed by atoms with E-state index < -0.39 is 17.8 Å². The largest absolute Gasteiger partial charge is 0.481 e. The fourth-order valence-electron chi connectivity index (χ4n) is 4.32. The Hall–Kier alpha value is -1.32. The van der Waals surface area contributed by atoms with Crippen molar-refractivity contribution in [2.75, 3.05) is 6.61 Å². The predicted molar refractivity (Wildman–Crippen MR) is 123 cm³/mol. The SMILES string of the molecule is CCCC/C=C/CCCCCCCCCCCCOC(=O)C1CCCCC1C(=O)O. The summed E-state index contributed by atoms with van der Waals surface area (Å²) in [6.07, 6.45) is 25.3. The molecule has 0 aromatic heterocycles. The summed E-state index contributed by atoms with van der Waals surface area (Å²) in [7, 11) is 0. The van der Waals surface area contributed by atoms with Crippen LogP contribution in [-0.4, -0.2) is 23.7 Å². The second-order valence-corrected chi connectivity index (χ2v) is 8.94. The molecule has 0 aromatic carbocycles. The van der Waals surface area contributed by atoms with E-state index in [-0.39, 0.29) is 5.97 Å². The molecule has 1 saturated carbocycles. The highest BCUT2D eigenvalue weighted by atomic mass is 16.5. The molecule has 1 fully saturated rings. The maximum atomic E-state index is 12.2. The van der Waals surface area contributed by atoms with E-state index in [1.165, 1.54) is 77.0 Å². The van der Waals surface area contributed by atoms with E-state index in [0.29, 0.717) is 19.4 Å². The van der Waals surface area contributed by atoms with Crippen molar-refractivity contribution in [3.63, 3.8) is 0 Å². The molecule has 174 valence electrons. The number of carbonyl (C=O) groups is 2. The first kappa shape index (κ1) is 26.7. The van der Waals surface area contributed by atoms with Crippen LogP contribution in [0, 0.1) is 11.8 Å². The molecule has 0 radical (unpaired) electrons. The molecule has 4 nitrogen and oxygen atoms in total. The summed E-state index contributed by atoms with van der Waals surface area (Å²) < 4.78 is 5.37. The molecule has 30 heavy (non-hydrogen) atoms. The zero-order valence-electron chi connectivity index (χ0n) is 19.4. The number of rotatable bonds is 18. The molecular weight excluding hydrogens is 376 g/mol. The quantitative estimate of drug-likeness (QED) is 0.141. The van der Waals surface area contributed by atoms with Crippen LogP contribution in [0.2, 0.25) is 0 Å². The lowest BCUT2D eigenvalue weighted by Crippen LogP contribution is -2.33. The van der Waals surface area contributed by atoms with Gasteiger partial charge < -0.3 is 9.84 Å². The second kappa shape index (κ2) is 18.4. The Balaban J connectivity index is 1.87. The van der Waals surface area contributed by atoms with Crippen molar-refractivity contribution in [1.29, 1.82) is 0 Å².